The zero-order chi connectivity index (χ0) is 18.5. The molecule has 2 rings (SSSR count). The highest BCUT2D eigenvalue weighted by atomic mass is 35.5. The average molecular weight is 527 g/mol. The maximum Gasteiger partial charge on any atom is 0.199 e. The lowest BCUT2D eigenvalue weighted by atomic mass is 10.0. The van der Waals surface area contributed by atoms with Gasteiger partial charge in [-0.3, -0.25) is 4.79 Å². The van der Waals surface area contributed by atoms with E-state index in [0.717, 1.165) is 0 Å². The van der Waals surface area contributed by atoms with E-state index in [0.29, 0.717) is 0 Å². The first kappa shape index (κ1) is 21.3. The van der Waals surface area contributed by atoms with Gasteiger partial charge in [-0.1, -0.05) is 116 Å². The molecule has 2 aromatic rings. The number of hydrogen-bond acceptors (Lipinski definition) is 1. The van der Waals surface area contributed by atoms with Crippen molar-refractivity contribution in [2.45, 2.75) is 0 Å². The average Bonchev–Trinajstić information content (AvgIpc) is 2.55. The molecule has 0 bridgehead atoms. The molecule has 0 radical (unpaired) electrons. The Bertz CT molecular complexity index is 760. The molecule has 2 aromatic carbocycles. The molecule has 1 nitrogen and oxygen atoms in total. The molecular weight excluding hydrogens is 527 g/mol. The number of halogens is 10. The Hall–Kier alpha value is 1.01. The van der Waals surface area contributed by atoms with Gasteiger partial charge in [-0.25, -0.2) is 0 Å². The Morgan fingerprint density at radius 2 is 0.542 bits per heavy atom. The molecule has 24 heavy (non-hydrogen) atoms. The van der Waals surface area contributed by atoms with Crippen LogP contribution in [0.3, 0.4) is 0 Å². The standard InChI is InChI=1S/C13Cl10O/c14-3-1(4(15)8(19)11(22)7(3)18)13(24)2-5(16)9(20)12(23)10(21)6(2)17. The lowest BCUT2D eigenvalue weighted by Crippen LogP contribution is -2.07. The topological polar surface area (TPSA) is 17.1 Å². The third-order valence-electron chi connectivity index (χ3n) is 2.87. The highest BCUT2D eigenvalue weighted by molar-refractivity contribution is 6.59. The molecule has 0 atom stereocenters. The predicted molar refractivity (Wildman–Crippen MR) is 106 cm³/mol. The van der Waals surface area contributed by atoms with Gasteiger partial charge in [-0.15, -0.1) is 0 Å². The van der Waals surface area contributed by atoms with Crippen LogP contribution in [0.1, 0.15) is 15.9 Å². The zero-order valence-electron chi connectivity index (χ0n) is 10.7. The second-order valence-corrected chi connectivity index (χ2v) is 8.00. The van der Waals surface area contributed by atoms with Crippen molar-refractivity contribution in [3.8, 4) is 0 Å². The number of carbonyl (C=O) groups is 1. The second-order valence-electron chi connectivity index (χ2n) is 4.22. The summed E-state index contributed by atoms with van der Waals surface area (Å²) in [6.45, 7) is 0. The van der Waals surface area contributed by atoms with Crippen LogP contribution in [0.2, 0.25) is 50.2 Å². The number of benzene rings is 2. The van der Waals surface area contributed by atoms with E-state index in [9.17, 15) is 4.79 Å². The van der Waals surface area contributed by atoms with Crippen molar-refractivity contribution in [3.05, 3.63) is 61.4 Å². The van der Waals surface area contributed by atoms with Gasteiger partial charge < -0.3 is 0 Å². The fourth-order valence-electron chi connectivity index (χ4n) is 1.73. The van der Waals surface area contributed by atoms with Crippen molar-refractivity contribution in [1.29, 1.82) is 0 Å². The molecule has 0 heterocycles. The molecule has 0 N–H and O–H groups in total. The van der Waals surface area contributed by atoms with Crippen LogP contribution in [-0.4, -0.2) is 5.78 Å². The summed E-state index contributed by atoms with van der Waals surface area (Å²) in [6.07, 6.45) is 0. The molecule has 0 aliphatic rings. The molecule has 0 saturated carbocycles. The van der Waals surface area contributed by atoms with E-state index < -0.39 is 5.78 Å². The third-order valence-corrected chi connectivity index (χ3v) is 7.43. The molecule has 0 aliphatic heterocycles. The number of ketones is 1. The van der Waals surface area contributed by atoms with Crippen LogP contribution in [0.15, 0.2) is 0 Å². The number of hydrogen-bond donors (Lipinski definition) is 0. The van der Waals surface area contributed by atoms with Crippen molar-refractivity contribution in [2.24, 2.45) is 0 Å². The van der Waals surface area contributed by atoms with Crippen LogP contribution in [0.25, 0.3) is 0 Å². The maximum absolute atomic E-state index is 12.9. The second kappa shape index (κ2) is 7.94. The Balaban J connectivity index is 2.87. The Labute approximate surface area is 186 Å². The van der Waals surface area contributed by atoms with Crippen LogP contribution >= 0.6 is 116 Å². The van der Waals surface area contributed by atoms with Gasteiger partial charge in [0.15, 0.2) is 5.78 Å². The van der Waals surface area contributed by atoms with Gasteiger partial charge in [0, 0.05) is 0 Å². The van der Waals surface area contributed by atoms with E-state index in [1.165, 1.54) is 0 Å². The molecule has 11 heteroatoms. The maximum atomic E-state index is 12.9. The first-order chi connectivity index (χ1) is 11.0. The highest BCUT2D eigenvalue weighted by Crippen LogP contribution is 2.48. The van der Waals surface area contributed by atoms with Crippen LogP contribution < -0.4 is 0 Å². The van der Waals surface area contributed by atoms with Gasteiger partial charge in [0.05, 0.1) is 61.4 Å². The third kappa shape index (κ3) is 3.43. The molecule has 0 aromatic heterocycles. The van der Waals surface area contributed by atoms with E-state index in [1.807, 2.05) is 0 Å². The molecular formula is C13Cl10O. The summed E-state index contributed by atoms with van der Waals surface area (Å²) in [6, 6.07) is 0. The van der Waals surface area contributed by atoms with Gasteiger partial charge in [0.25, 0.3) is 0 Å². The summed E-state index contributed by atoms with van der Waals surface area (Å²) in [7, 11) is 0. The lowest BCUT2D eigenvalue weighted by Gasteiger charge is -2.15. The molecule has 0 saturated heterocycles. The molecule has 0 unspecified atom stereocenters. The quantitative estimate of drug-likeness (QED) is 0.216. The smallest absolute Gasteiger partial charge is 0.199 e. The summed E-state index contributed by atoms with van der Waals surface area (Å²) in [5, 5.41) is -1.74. The molecule has 0 fully saturated rings. The Morgan fingerprint density at radius 3 is 0.750 bits per heavy atom. The summed E-state index contributed by atoms with van der Waals surface area (Å²) in [5.74, 6) is -0.805. The van der Waals surface area contributed by atoms with E-state index in [2.05, 4.69) is 0 Å². The van der Waals surface area contributed by atoms with Crippen molar-refractivity contribution < 1.29 is 4.79 Å². The van der Waals surface area contributed by atoms with Gasteiger partial charge >= 0.3 is 0 Å². The van der Waals surface area contributed by atoms with Crippen molar-refractivity contribution in [2.75, 3.05) is 0 Å². The monoisotopic (exact) mass is 522 g/mol. The highest BCUT2D eigenvalue weighted by Gasteiger charge is 2.30. The van der Waals surface area contributed by atoms with Crippen LogP contribution in [0.4, 0.5) is 0 Å². The molecule has 0 amide bonds. The van der Waals surface area contributed by atoms with Crippen molar-refractivity contribution in [1.82, 2.24) is 0 Å². The van der Waals surface area contributed by atoms with Gasteiger partial charge in [-0.2, -0.15) is 0 Å². The Kier molecular flexibility index (Phi) is 7.05. The van der Waals surface area contributed by atoms with Crippen molar-refractivity contribution in [3.63, 3.8) is 0 Å². The normalized spacial score (nSPS) is 11.1. The summed E-state index contributed by atoms with van der Waals surface area (Å²) >= 11 is 59.9. The minimum absolute atomic E-state index is 0.103. The van der Waals surface area contributed by atoms with Gasteiger partial charge in [0.1, 0.15) is 0 Å². The molecule has 0 aliphatic carbocycles. The van der Waals surface area contributed by atoms with Gasteiger partial charge in [0.2, 0.25) is 0 Å². The van der Waals surface area contributed by atoms with Crippen LogP contribution in [0, 0.1) is 0 Å². The van der Waals surface area contributed by atoms with E-state index in [-0.39, 0.29) is 61.4 Å². The van der Waals surface area contributed by atoms with E-state index >= 15 is 0 Å². The minimum atomic E-state index is -0.805. The summed E-state index contributed by atoms with van der Waals surface area (Å²) in [5.41, 5.74) is -0.507. The van der Waals surface area contributed by atoms with Crippen molar-refractivity contribution >= 4 is 122 Å². The first-order valence-electron chi connectivity index (χ1n) is 5.59. The fraction of sp³-hybridized carbons (Fsp3) is 0. The first-order valence-corrected chi connectivity index (χ1v) is 9.37. The summed E-state index contributed by atoms with van der Waals surface area (Å²) < 4.78 is 0. The molecule has 0 spiro atoms. The fourth-order valence-corrected chi connectivity index (χ4v) is 4.35. The summed E-state index contributed by atoms with van der Waals surface area (Å²) in [4.78, 5) is 12.9. The predicted octanol–water partition coefficient (Wildman–Crippen LogP) is 9.45. The van der Waals surface area contributed by atoms with E-state index in [4.69, 9.17) is 116 Å². The molecule has 128 valence electrons. The zero-order valence-corrected chi connectivity index (χ0v) is 18.2. The van der Waals surface area contributed by atoms with Gasteiger partial charge in [-0.05, 0) is 0 Å². The SMILES string of the molecule is O=C(c1c(Cl)c(Cl)c(Cl)c(Cl)c1Cl)c1c(Cl)c(Cl)c(Cl)c(Cl)c1Cl. The lowest BCUT2D eigenvalue weighted by molar-refractivity contribution is 0.103. The number of rotatable bonds is 2. The van der Waals surface area contributed by atoms with E-state index in [1.54, 1.807) is 0 Å². The van der Waals surface area contributed by atoms with Crippen LogP contribution in [0.5, 0.6) is 0 Å². The minimum Gasteiger partial charge on any atom is -0.288 e. The number of carbonyl (C=O) groups excluding carboxylic acids is 1. The van der Waals surface area contributed by atoms with Crippen LogP contribution in [-0.2, 0) is 0 Å². The largest absolute Gasteiger partial charge is 0.288 e. The Morgan fingerprint density at radius 1 is 0.375 bits per heavy atom.